The highest BCUT2D eigenvalue weighted by Gasteiger charge is 2.63. The normalized spacial score (nSPS) is 31.2. The fourth-order valence-electron chi connectivity index (χ4n) is 11.1. The Morgan fingerprint density at radius 3 is 2.68 bits per heavy atom. The molecule has 4 aromatic rings. The number of ether oxygens (including phenoxy) is 5. The number of hydrogen-bond acceptors (Lipinski definition) is 14. The summed E-state index contributed by atoms with van der Waals surface area (Å²) in [6, 6.07) is 8.20. The molecule has 2 fully saturated rings. The molecule has 0 aliphatic carbocycles. The van der Waals surface area contributed by atoms with Crippen LogP contribution in [-0.4, -0.2) is 101 Å². The Hall–Kier alpha value is -4.51. The van der Waals surface area contributed by atoms with Crippen LogP contribution in [0.1, 0.15) is 75.3 Å². The number of para-hydroxylation sites is 1. The molecule has 0 saturated carbocycles. The fraction of sp³-hybridized carbons (Fsp3) is 0.476. The maximum Gasteiger partial charge on any atom is 0.333 e. The number of aromatic nitrogens is 1. The first kappa shape index (κ1) is 36.8. The van der Waals surface area contributed by atoms with Crippen LogP contribution in [0.3, 0.4) is 0 Å². The lowest BCUT2D eigenvalue weighted by Gasteiger charge is -2.60. The summed E-state index contributed by atoms with van der Waals surface area (Å²) in [6.07, 6.45) is 1.10. The van der Waals surface area contributed by atoms with Crippen molar-refractivity contribution >= 4 is 34.6 Å². The molecule has 8 atom stereocenters. The number of aryl methyl sites for hydroxylation is 1. The van der Waals surface area contributed by atoms with Crippen LogP contribution >= 0.6 is 11.8 Å². The van der Waals surface area contributed by atoms with Crippen LogP contribution in [0.2, 0.25) is 0 Å². The Morgan fingerprint density at radius 1 is 1.12 bits per heavy atom. The second-order valence-electron chi connectivity index (χ2n) is 16.4. The van der Waals surface area contributed by atoms with Crippen LogP contribution < -0.4 is 30.0 Å². The largest absolute Gasteiger partial charge is 0.504 e. The number of phenolic OH excluding ortho intramolecular Hbond substituents is 1. The molecule has 9 heterocycles. The quantitative estimate of drug-likeness (QED) is 0.149. The highest BCUT2D eigenvalue weighted by Crippen LogP contribution is 2.65. The van der Waals surface area contributed by atoms with E-state index in [2.05, 4.69) is 26.2 Å². The number of fused-ring (bicyclic) bond motifs is 9. The van der Waals surface area contributed by atoms with Crippen molar-refractivity contribution < 1.29 is 43.5 Å². The number of rotatable bonds is 3. The van der Waals surface area contributed by atoms with Crippen molar-refractivity contribution in [2.24, 2.45) is 5.73 Å². The van der Waals surface area contributed by atoms with Gasteiger partial charge in [0, 0.05) is 89.9 Å². The van der Waals surface area contributed by atoms with Crippen molar-refractivity contribution in [3.8, 4) is 28.7 Å². The molecule has 0 amide bonds. The lowest BCUT2D eigenvalue weighted by molar-refractivity contribution is -0.209. The van der Waals surface area contributed by atoms with Gasteiger partial charge in [-0.3, -0.25) is 19.9 Å². The van der Waals surface area contributed by atoms with Gasteiger partial charge >= 0.3 is 11.9 Å². The predicted molar refractivity (Wildman–Crippen MR) is 211 cm³/mol. The third-order valence-corrected chi connectivity index (χ3v) is 14.6. The van der Waals surface area contributed by atoms with Crippen molar-refractivity contribution in [2.75, 3.05) is 46.4 Å². The number of nitrogens with zero attached hydrogens (tertiary/aromatic N) is 2. The lowest BCUT2D eigenvalue weighted by Crippen LogP contribution is -2.69. The SMILES string of the molecule is COc1c(C)cc2c(c1O)[C@H]1[C@@H]3[C@@H]4SC[C@]5(N[C@@H](CN)Cc6c5[nH]c5ccccc65)C(=O)OCC[C@@H](c5c6c(c(C)c(OC(C)=O)c54)OCO6)N3C(O)(C2)CN1C. The van der Waals surface area contributed by atoms with Gasteiger partial charge in [-0.15, -0.1) is 11.8 Å². The molecule has 12 rings (SSSR count). The molecular weight excluding hydrogens is 751 g/mol. The number of benzene rings is 3. The van der Waals surface area contributed by atoms with Crippen molar-refractivity contribution in [3.63, 3.8) is 0 Å². The van der Waals surface area contributed by atoms with Gasteiger partial charge in [0.25, 0.3) is 0 Å². The van der Waals surface area contributed by atoms with Crippen molar-refractivity contribution in [1.29, 1.82) is 0 Å². The van der Waals surface area contributed by atoms with E-state index < -0.39 is 46.6 Å². The van der Waals surface area contributed by atoms with Crippen molar-refractivity contribution in [1.82, 2.24) is 20.1 Å². The van der Waals surface area contributed by atoms with Gasteiger partial charge in [0.05, 0.1) is 30.7 Å². The summed E-state index contributed by atoms with van der Waals surface area (Å²) in [5.74, 6) is 1.05. The minimum atomic E-state index is -1.46. The van der Waals surface area contributed by atoms with E-state index in [-0.39, 0.29) is 50.3 Å². The molecule has 1 spiro atoms. The molecule has 14 nitrogen and oxygen atoms in total. The lowest BCUT2D eigenvalue weighted by atomic mass is 9.77. The van der Waals surface area contributed by atoms with Crippen LogP contribution in [0.4, 0.5) is 0 Å². The smallest absolute Gasteiger partial charge is 0.333 e. The van der Waals surface area contributed by atoms with Gasteiger partial charge in [-0.2, -0.15) is 0 Å². The van der Waals surface area contributed by atoms with Crippen molar-refractivity contribution in [2.45, 2.75) is 80.7 Å². The van der Waals surface area contributed by atoms with Gasteiger partial charge in [0.1, 0.15) is 11.5 Å². The number of aromatic amines is 1. The van der Waals surface area contributed by atoms with E-state index in [0.29, 0.717) is 47.1 Å². The molecule has 8 aliphatic rings. The zero-order valence-corrected chi connectivity index (χ0v) is 33.4. The summed E-state index contributed by atoms with van der Waals surface area (Å²) in [5, 5.41) is 29.5. The minimum Gasteiger partial charge on any atom is -0.504 e. The molecule has 2 saturated heterocycles. The molecule has 15 heteroatoms. The number of aliphatic hydroxyl groups is 1. The molecule has 1 aromatic heterocycles. The summed E-state index contributed by atoms with van der Waals surface area (Å²) in [6.45, 7) is 5.66. The van der Waals surface area contributed by atoms with Crippen LogP contribution in [-0.2, 0) is 32.7 Å². The number of esters is 2. The Bertz CT molecular complexity index is 2390. The van der Waals surface area contributed by atoms with Gasteiger partial charge in [-0.1, -0.05) is 24.3 Å². The van der Waals surface area contributed by atoms with Gasteiger partial charge in [0.15, 0.2) is 28.5 Å². The van der Waals surface area contributed by atoms with E-state index in [9.17, 15) is 19.8 Å². The summed E-state index contributed by atoms with van der Waals surface area (Å²) in [5.41, 5.74) is 10.6. The molecule has 57 heavy (non-hydrogen) atoms. The average molecular weight is 798 g/mol. The number of nitrogens with one attached hydrogen (secondary N) is 2. The average Bonchev–Trinajstić information content (AvgIpc) is 3.76. The standard InChI is InChI=1S/C42H47N5O9S/c1-19-12-22-14-41(51)16-46(4)31(28(22)33(49)34(19)52-5)32-38-30-29(37-36(54-18-55-37)20(2)35(30)56-21(3)48)27(47(32)41)10-11-53-40(50)42(17-57-38)39-25(13-23(15-43)45-42)24-8-6-7-9-26(24)44-39/h6-9,12,23,27,31-32,38,44-45,49,51H,10-11,13-18,43H2,1-5H3/t23-,27+,31+,32-,38-,41?,42-/m1/s1. The summed E-state index contributed by atoms with van der Waals surface area (Å²) in [4.78, 5) is 35.9. The zero-order valence-electron chi connectivity index (χ0n) is 32.6. The number of carbonyl (C=O) groups is 2. The van der Waals surface area contributed by atoms with Gasteiger partial charge < -0.3 is 44.6 Å². The first-order chi connectivity index (χ1) is 27.4. The Balaban J connectivity index is 1.26. The predicted octanol–water partition coefficient (Wildman–Crippen LogP) is 3.90. The number of aromatic hydroxyl groups is 1. The summed E-state index contributed by atoms with van der Waals surface area (Å²) < 4.78 is 30.8. The van der Waals surface area contributed by atoms with E-state index in [1.165, 1.54) is 18.7 Å². The Kier molecular flexibility index (Phi) is 8.39. The molecule has 0 radical (unpaired) electrons. The molecule has 4 bridgehead atoms. The third kappa shape index (κ3) is 5.08. The van der Waals surface area contributed by atoms with E-state index in [4.69, 9.17) is 29.4 Å². The van der Waals surface area contributed by atoms with Crippen LogP contribution in [0.25, 0.3) is 10.9 Å². The number of piperazine rings is 1. The summed E-state index contributed by atoms with van der Waals surface area (Å²) in [7, 11) is 3.51. The number of likely N-dealkylation sites (N-methyl/N-ethyl adjacent to an activating group) is 1. The molecule has 8 aliphatic heterocycles. The number of thioether (sulfide) groups is 1. The second-order valence-corrected chi connectivity index (χ2v) is 17.5. The first-order valence-electron chi connectivity index (χ1n) is 19.5. The Morgan fingerprint density at radius 2 is 1.91 bits per heavy atom. The fourth-order valence-corrected chi connectivity index (χ4v) is 12.7. The number of phenols is 1. The maximum absolute atomic E-state index is 14.9. The van der Waals surface area contributed by atoms with Gasteiger partial charge in [0.2, 0.25) is 6.79 Å². The van der Waals surface area contributed by atoms with E-state index in [1.807, 2.05) is 45.2 Å². The number of H-pyrrole nitrogens is 1. The Labute approximate surface area is 333 Å². The van der Waals surface area contributed by atoms with E-state index in [0.717, 1.165) is 44.4 Å². The second kappa shape index (κ2) is 13.0. The third-order valence-electron chi connectivity index (χ3n) is 13.1. The van der Waals surface area contributed by atoms with E-state index in [1.54, 1.807) is 7.11 Å². The number of hydrogen-bond donors (Lipinski definition) is 5. The molecule has 300 valence electrons. The topological polar surface area (TPSA) is 181 Å². The number of methoxy groups -OCH3 is 1. The number of carbonyl (C=O) groups excluding carboxylic acids is 2. The highest BCUT2D eigenvalue weighted by molar-refractivity contribution is 7.99. The molecule has 3 aromatic carbocycles. The monoisotopic (exact) mass is 797 g/mol. The van der Waals surface area contributed by atoms with Crippen LogP contribution in [0.15, 0.2) is 30.3 Å². The first-order valence-corrected chi connectivity index (χ1v) is 20.6. The van der Waals surface area contributed by atoms with Crippen LogP contribution in [0, 0.1) is 13.8 Å². The minimum absolute atomic E-state index is 0.00188. The highest BCUT2D eigenvalue weighted by atomic mass is 32.2. The van der Waals surface area contributed by atoms with E-state index >= 15 is 0 Å². The molecule has 2 unspecified atom stereocenters. The summed E-state index contributed by atoms with van der Waals surface area (Å²) >= 11 is 1.53. The van der Waals surface area contributed by atoms with Gasteiger partial charge in [-0.05, 0) is 50.1 Å². The zero-order chi connectivity index (χ0) is 39.7. The molecule has 6 N–H and O–H groups in total. The maximum atomic E-state index is 14.9. The molecular formula is C42H47N5O9S. The van der Waals surface area contributed by atoms with Gasteiger partial charge in [-0.25, -0.2) is 4.79 Å². The van der Waals surface area contributed by atoms with Crippen LogP contribution in [0.5, 0.6) is 28.7 Å². The van der Waals surface area contributed by atoms with Crippen molar-refractivity contribution in [3.05, 3.63) is 75.0 Å². The number of nitrogens with two attached hydrogens (primary N) is 1.